The summed E-state index contributed by atoms with van der Waals surface area (Å²) in [4.78, 5) is 0. The van der Waals surface area contributed by atoms with Crippen molar-refractivity contribution in [1.29, 1.82) is 0 Å². The summed E-state index contributed by atoms with van der Waals surface area (Å²) in [6, 6.07) is 35.8. The molecule has 0 aliphatic heterocycles. The molecule has 0 fully saturated rings. The predicted molar refractivity (Wildman–Crippen MR) is 121 cm³/mol. The van der Waals surface area contributed by atoms with Crippen molar-refractivity contribution in [3.63, 3.8) is 0 Å². The van der Waals surface area contributed by atoms with Crippen molar-refractivity contribution in [2.75, 3.05) is 0 Å². The minimum Gasteiger partial charge on any atom is -0.0616 e. The van der Waals surface area contributed by atoms with Gasteiger partial charge in [0.2, 0.25) is 0 Å². The van der Waals surface area contributed by atoms with E-state index in [0.29, 0.717) is 0 Å². The Hall–Kier alpha value is -3.64. The lowest BCUT2D eigenvalue weighted by Gasteiger charge is -2.11. The number of hydrogen-bond acceptors (Lipinski definition) is 0. The van der Waals surface area contributed by atoms with Crippen LogP contribution in [0.5, 0.6) is 0 Å². The van der Waals surface area contributed by atoms with Gasteiger partial charge in [0.25, 0.3) is 0 Å². The van der Waals surface area contributed by atoms with Gasteiger partial charge in [-0.25, -0.2) is 0 Å². The molecule has 0 saturated carbocycles. The predicted octanol–water partition coefficient (Wildman–Crippen LogP) is 7.95. The Morgan fingerprint density at radius 2 is 1.04 bits per heavy atom. The third-order valence-electron chi connectivity index (χ3n) is 6.31. The molecule has 0 bridgehead atoms. The summed E-state index contributed by atoms with van der Waals surface area (Å²) in [7, 11) is 0. The summed E-state index contributed by atoms with van der Waals surface area (Å²) in [5.74, 6) is 0. The molecule has 0 saturated heterocycles. The second-order valence-corrected chi connectivity index (χ2v) is 7.79. The lowest BCUT2D eigenvalue weighted by Crippen LogP contribution is -1.84. The van der Waals surface area contributed by atoms with Gasteiger partial charge in [-0.3, -0.25) is 0 Å². The zero-order chi connectivity index (χ0) is 18.2. The Kier molecular flexibility index (Phi) is 2.57. The quantitative estimate of drug-likeness (QED) is 0.243. The zero-order valence-corrected chi connectivity index (χ0v) is 15.2. The maximum absolute atomic E-state index is 2.38. The molecule has 0 amide bonds. The maximum Gasteiger partial charge on any atom is -0.000807 e. The van der Waals surface area contributed by atoms with Crippen LogP contribution in [-0.4, -0.2) is 0 Å². The average molecular weight is 352 g/mol. The Morgan fingerprint density at radius 3 is 1.93 bits per heavy atom. The number of fused-ring (bicyclic) bond motifs is 8. The summed E-state index contributed by atoms with van der Waals surface area (Å²) >= 11 is 0. The summed E-state index contributed by atoms with van der Waals surface area (Å²) < 4.78 is 0. The van der Waals surface area contributed by atoms with E-state index in [-0.39, 0.29) is 0 Å². The fourth-order valence-electron chi connectivity index (χ4n) is 5.11. The molecular weight excluding hydrogens is 336 g/mol. The second kappa shape index (κ2) is 4.99. The van der Waals surface area contributed by atoms with E-state index in [9.17, 15) is 0 Å². The average Bonchev–Trinajstić information content (AvgIpc) is 3.09. The third kappa shape index (κ3) is 1.70. The van der Waals surface area contributed by atoms with Crippen LogP contribution in [0.4, 0.5) is 0 Å². The third-order valence-corrected chi connectivity index (χ3v) is 6.31. The molecule has 0 heterocycles. The van der Waals surface area contributed by atoms with Gasteiger partial charge in [-0.1, -0.05) is 78.9 Å². The Balaban J connectivity index is 1.77. The van der Waals surface area contributed by atoms with E-state index in [0.717, 1.165) is 0 Å². The van der Waals surface area contributed by atoms with Crippen LogP contribution in [0, 0.1) is 0 Å². The van der Waals surface area contributed by atoms with E-state index < -0.39 is 0 Å². The first-order valence-corrected chi connectivity index (χ1v) is 9.79. The SMILES string of the molecule is c1ccc2cc3c4c(ccc3cc2c1)-c1cccc2cc3ccccc3c-4c12. The molecule has 6 aromatic rings. The minimum absolute atomic E-state index is 1.30. The van der Waals surface area contributed by atoms with Crippen molar-refractivity contribution in [3.05, 3.63) is 97.1 Å². The molecule has 1 aliphatic carbocycles. The molecule has 28 heavy (non-hydrogen) atoms. The molecule has 0 unspecified atom stereocenters. The second-order valence-electron chi connectivity index (χ2n) is 7.79. The smallest absolute Gasteiger partial charge is 0.000807 e. The number of benzene rings is 6. The van der Waals surface area contributed by atoms with Crippen molar-refractivity contribution in [2.24, 2.45) is 0 Å². The molecule has 0 heteroatoms. The monoisotopic (exact) mass is 352 g/mol. The zero-order valence-electron chi connectivity index (χ0n) is 15.2. The first-order chi connectivity index (χ1) is 13.9. The molecule has 128 valence electrons. The summed E-state index contributed by atoms with van der Waals surface area (Å²) in [6.45, 7) is 0. The molecule has 6 aromatic carbocycles. The van der Waals surface area contributed by atoms with E-state index in [1.165, 1.54) is 65.3 Å². The number of hydrogen-bond donors (Lipinski definition) is 0. The van der Waals surface area contributed by atoms with Crippen molar-refractivity contribution in [3.8, 4) is 22.3 Å². The first kappa shape index (κ1) is 14.4. The van der Waals surface area contributed by atoms with Crippen LogP contribution < -0.4 is 0 Å². The van der Waals surface area contributed by atoms with Crippen LogP contribution >= 0.6 is 0 Å². The van der Waals surface area contributed by atoms with Crippen LogP contribution in [0.1, 0.15) is 0 Å². The molecule has 0 nitrogen and oxygen atoms in total. The largest absolute Gasteiger partial charge is 0.0616 e. The van der Waals surface area contributed by atoms with Crippen LogP contribution in [0.25, 0.3) is 65.3 Å². The van der Waals surface area contributed by atoms with Gasteiger partial charge in [-0.15, -0.1) is 0 Å². The standard InChI is InChI=1S/C28H16/c1-2-7-18-16-25-20(14-17(18)6-1)12-13-24-23-11-5-9-21-15-19-8-3-4-10-22(19)28(26(21)23)27(24)25/h1-16H. The fraction of sp³-hybridized carbons (Fsp3) is 0. The van der Waals surface area contributed by atoms with Gasteiger partial charge in [0.05, 0.1) is 0 Å². The van der Waals surface area contributed by atoms with E-state index in [2.05, 4.69) is 97.1 Å². The molecule has 0 aromatic heterocycles. The topological polar surface area (TPSA) is 0 Å². The van der Waals surface area contributed by atoms with Crippen molar-refractivity contribution >= 4 is 43.1 Å². The van der Waals surface area contributed by atoms with Gasteiger partial charge in [-0.05, 0) is 83.5 Å². The van der Waals surface area contributed by atoms with Crippen LogP contribution in [0.15, 0.2) is 97.1 Å². The Bertz CT molecular complexity index is 1600. The highest BCUT2D eigenvalue weighted by Crippen LogP contribution is 2.53. The molecule has 7 rings (SSSR count). The van der Waals surface area contributed by atoms with Crippen molar-refractivity contribution in [1.82, 2.24) is 0 Å². The van der Waals surface area contributed by atoms with Gasteiger partial charge >= 0.3 is 0 Å². The highest BCUT2D eigenvalue weighted by molar-refractivity contribution is 6.28. The molecule has 0 radical (unpaired) electrons. The van der Waals surface area contributed by atoms with Gasteiger partial charge < -0.3 is 0 Å². The molecule has 0 atom stereocenters. The van der Waals surface area contributed by atoms with E-state index in [1.54, 1.807) is 0 Å². The Labute approximate surface area is 162 Å². The fourth-order valence-corrected chi connectivity index (χ4v) is 5.11. The van der Waals surface area contributed by atoms with Gasteiger partial charge in [-0.2, -0.15) is 0 Å². The molecule has 1 aliphatic rings. The summed E-state index contributed by atoms with van der Waals surface area (Å²) in [5.41, 5.74) is 5.52. The van der Waals surface area contributed by atoms with Crippen LogP contribution in [0.2, 0.25) is 0 Å². The summed E-state index contributed by atoms with van der Waals surface area (Å²) in [5, 5.41) is 10.7. The first-order valence-electron chi connectivity index (χ1n) is 9.79. The minimum atomic E-state index is 1.30. The maximum atomic E-state index is 2.38. The van der Waals surface area contributed by atoms with E-state index in [4.69, 9.17) is 0 Å². The van der Waals surface area contributed by atoms with Gasteiger partial charge in [0, 0.05) is 0 Å². The van der Waals surface area contributed by atoms with Crippen LogP contribution in [-0.2, 0) is 0 Å². The highest BCUT2D eigenvalue weighted by atomic mass is 14.3. The van der Waals surface area contributed by atoms with E-state index >= 15 is 0 Å². The van der Waals surface area contributed by atoms with Crippen molar-refractivity contribution < 1.29 is 0 Å². The normalized spacial score (nSPS) is 12.3. The molecule has 0 spiro atoms. The lowest BCUT2D eigenvalue weighted by molar-refractivity contribution is 1.74. The van der Waals surface area contributed by atoms with Crippen LogP contribution in [0.3, 0.4) is 0 Å². The summed E-state index contributed by atoms with van der Waals surface area (Å²) in [6.07, 6.45) is 0. The Morgan fingerprint density at radius 1 is 0.357 bits per heavy atom. The lowest BCUT2D eigenvalue weighted by atomic mass is 9.91. The number of rotatable bonds is 0. The van der Waals surface area contributed by atoms with Gasteiger partial charge in [0.1, 0.15) is 0 Å². The molecule has 0 N–H and O–H groups in total. The molecular formula is C28H16. The highest BCUT2D eigenvalue weighted by Gasteiger charge is 2.25. The van der Waals surface area contributed by atoms with E-state index in [1.807, 2.05) is 0 Å². The van der Waals surface area contributed by atoms with Gasteiger partial charge in [0.15, 0.2) is 0 Å². The van der Waals surface area contributed by atoms with Crippen molar-refractivity contribution in [2.45, 2.75) is 0 Å².